The molecule has 8 heteroatoms. The molecule has 192 valence electrons. The SMILES string of the molecule is CS(=O)(=O)O[C@H](COCc1ccccc1)[C@H]1OC[C@H](OCc2ccccc2)[C@H]1OCc1ccccc1. The zero-order valence-corrected chi connectivity index (χ0v) is 21.1. The average Bonchev–Trinajstić information content (AvgIpc) is 3.29. The standard InChI is InChI=1S/C28H32O7S/c1-36(29,30)35-26(20-31-17-22-11-5-2-6-12-22)28-27(33-19-24-15-9-4-10-16-24)25(21-34-28)32-18-23-13-7-3-8-14-23/h2-16,25-28H,17-21H2,1H3/t25-,26+,27+,28+/m0/s1. The molecule has 0 aliphatic carbocycles. The predicted octanol–water partition coefficient (Wildman–Crippen LogP) is 4.12. The number of benzene rings is 3. The monoisotopic (exact) mass is 512 g/mol. The first-order chi connectivity index (χ1) is 17.5. The highest BCUT2D eigenvalue weighted by molar-refractivity contribution is 7.86. The van der Waals surface area contributed by atoms with Crippen molar-refractivity contribution in [3.8, 4) is 0 Å². The van der Waals surface area contributed by atoms with E-state index in [0.29, 0.717) is 19.8 Å². The van der Waals surface area contributed by atoms with Gasteiger partial charge in [0.2, 0.25) is 0 Å². The summed E-state index contributed by atoms with van der Waals surface area (Å²) in [6.07, 6.45) is -1.52. The Labute approximate surface area is 213 Å². The van der Waals surface area contributed by atoms with Gasteiger partial charge in [0.15, 0.2) is 0 Å². The van der Waals surface area contributed by atoms with E-state index in [0.717, 1.165) is 22.9 Å². The summed E-state index contributed by atoms with van der Waals surface area (Å²) in [4.78, 5) is 0. The smallest absolute Gasteiger partial charge is 0.264 e. The van der Waals surface area contributed by atoms with Crippen LogP contribution in [-0.2, 0) is 53.1 Å². The van der Waals surface area contributed by atoms with Crippen LogP contribution in [-0.4, -0.2) is 52.3 Å². The first kappa shape index (κ1) is 26.5. The van der Waals surface area contributed by atoms with E-state index in [4.69, 9.17) is 23.1 Å². The van der Waals surface area contributed by atoms with Crippen LogP contribution in [0.25, 0.3) is 0 Å². The molecule has 1 fully saturated rings. The summed E-state index contributed by atoms with van der Waals surface area (Å²) in [7, 11) is -3.78. The van der Waals surface area contributed by atoms with Crippen LogP contribution in [0.2, 0.25) is 0 Å². The van der Waals surface area contributed by atoms with E-state index in [-0.39, 0.29) is 13.2 Å². The van der Waals surface area contributed by atoms with Gasteiger partial charge in [-0.15, -0.1) is 0 Å². The molecule has 7 nitrogen and oxygen atoms in total. The molecule has 1 saturated heterocycles. The molecule has 4 atom stereocenters. The van der Waals surface area contributed by atoms with Gasteiger partial charge in [-0.1, -0.05) is 91.0 Å². The lowest BCUT2D eigenvalue weighted by molar-refractivity contribution is -0.107. The topological polar surface area (TPSA) is 80.3 Å². The number of ether oxygens (including phenoxy) is 4. The van der Waals surface area contributed by atoms with Gasteiger partial charge in [-0.2, -0.15) is 8.42 Å². The van der Waals surface area contributed by atoms with E-state index in [1.807, 2.05) is 91.0 Å². The quantitative estimate of drug-likeness (QED) is 0.319. The highest BCUT2D eigenvalue weighted by Gasteiger charge is 2.45. The Kier molecular flexibility index (Phi) is 9.63. The number of hydrogen-bond donors (Lipinski definition) is 0. The van der Waals surface area contributed by atoms with Crippen molar-refractivity contribution in [2.75, 3.05) is 19.5 Å². The maximum Gasteiger partial charge on any atom is 0.264 e. The molecule has 0 saturated carbocycles. The van der Waals surface area contributed by atoms with Gasteiger partial charge in [-0.25, -0.2) is 0 Å². The molecule has 3 aromatic rings. The van der Waals surface area contributed by atoms with Crippen LogP contribution < -0.4 is 0 Å². The normalized spacial score (nSPS) is 20.9. The lowest BCUT2D eigenvalue weighted by Gasteiger charge is -2.29. The number of hydrogen-bond acceptors (Lipinski definition) is 7. The van der Waals surface area contributed by atoms with E-state index >= 15 is 0 Å². The van der Waals surface area contributed by atoms with E-state index in [1.54, 1.807) is 0 Å². The zero-order chi connectivity index (χ0) is 25.2. The molecule has 0 unspecified atom stereocenters. The lowest BCUT2D eigenvalue weighted by atomic mass is 10.1. The zero-order valence-electron chi connectivity index (χ0n) is 20.3. The summed E-state index contributed by atoms with van der Waals surface area (Å²) in [6.45, 7) is 1.30. The van der Waals surface area contributed by atoms with Gasteiger partial charge in [-0.3, -0.25) is 4.18 Å². The Morgan fingerprint density at radius 3 is 1.81 bits per heavy atom. The third kappa shape index (κ3) is 8.23. The first-order valence-corrected chi connectivity index (χ1v) is 13.7. The van der Waals surface area contributed by atoms with Crippen molar-refractivity contribution >= 4 is 10.1 Å². The van der Waals surface area contributed by atoms with Crippen LogP contribution in [0, 0.1) is 0 Å². The molecule has 0 aromatic heterocycles. The van der Waals surface area contributed by atoms with Crippen molar-refractivity contribution in [1.82, 2.24) is 0 Å². The Morgan fingerprint density at radius 2 is 1.28 bits per heavy atom. The summed E-state index contributed by atoms with van der Waals surface area (Å²) in [5.74, 6) is 0. The molecular weight excluding hydrogens is 480 g/mol. The molecule has 0 spiro atoms. The van der Waals surface area contributed by atoms with Gasteiger partial charge < -0.3 is 18.9 Å². The van der Waals surface area contributed by atoms with Gasteiger partial charge >= 0.3 is 0 Å². The molecule has 1 aliphatic heterocycles. The van der Waals surface area contributed by atoms with E-state index in [9.17, 15) is 8.42 Å². The molecule has 4 rings (SSSR count). The summed E-state index contributed by atoms with van der Waals surface area (Å²) in [5, 5.41) is 0. The van der Waals surface area contributed by atoms with Crippen LogP contribution in [0.15, 0.2) is 91.0 Å². The molecule has 36 heavy (non-hydrogen) atoms. The number of rotatable bonds is 13. The van der Waals surface area contributed by atoms with Crippen LogP contribution in [0.5, 0.6) is 0 Å². The second kappa shape index (κ2) is 13.1. The van der Waals surface area contributed by atoms with Crippen molar-refractivity contribution in [3.63, 3.8) is 0 Å². The van der Waals surface area contributed by atoms with Crippen molar-refractivity contribution in [3.05, 3.63) is 108 Å². The molecule has 0 amide bonds. The van der Waals surface area contributed by atoms with Gasteiger partial charge in [0.1, 0.15) is 24.4 Å². The van der Waals surface area contributed by atoms with E-state index in [1.165, 1.54) is 0 Å². The minimum Gasteiger partial charge on any atom is -0.374 e. The van der Waals surface area contributed by atoms with Crippen molar-refractivity contribution in [1.29, 1.82) is 0 Å². The van der Waals surface area contributed by atoms with Gasteiger partial charge in [0.05, 0.1) is 39.3 Å². The summed E-state index contributed by atoms with van der Waals surface area (Å²) < 4.78 is 54.0. The molecule has 1 heterocycles. The van der Waals surface area contributed by atoms with Gasteiger partial charge in [-0.05, 0) is 16.7 Å². The minimum atomic E-state index is -3.78. The molecule has 3 aromatic carbocycles. The fourth-order valence-electron chi connectivity index (χ4n) is 4.08. The highest BCUT2D eigenvalue weighted by atomic mass is 32.2. The van der Waals surface area contributed by atoms with Crippen LogP contribution in [0.4, 0.5) is 0 Å². The summed E-state index contributed by atoms with van der Waals surface area (Å²) in [6, 6.07) is 29.3. The maximum atomic E-state index is 12.1. The Bertz CT molecular complexity index is 1140. The third-order valence-electron chi connectivity index (χ3n) is 5.79. The summed E-state index contributed by atoms with van der Waals surface area (Å²) in [5.41, 5.74) is 2.99. The van der Waals surface area contributed by atoms with Gasteiger partial charge in [0, 0.05) is 0 Å². The molecule has 0 N–H and O–H groups in total. The second-order valence-corrected chi connectivity index (χ2v) is 10.3. The fourth-order valence-corrected chi connectivity index (χ4v) is 4.70. The van der Waals surface area contributed by atoms with Crippen LogP contribution >= 0.6 is 0 Å². The second-order valence-electron chi connectivity index (χ2n) is 8.73. The highest BCUT2D eigenvalue weighted by Crippen LogP contribution is 2.28. The Hall–Kier alpha value is -2.59. The van der Waals surface area contributed by atoms with E-state index < -0.39 is 34.5 Å². The predicted molar refractivity (Wildman–Crippen MR) is 136 cm³/mol. The van der Waals surface area contributed by atoms with Crippen LogP contribution in [0.3, 0.4) is 0 Å². The third-order valence-corrected chi connectivity index (χ3v) is 6.39. The molecule has 0 bridgehead atoms. The van der Waals surface area contributed by atoms with Crippen molar-refractivity contribution in [2.45, 2.75) is 44.2 Å². The molecule has 1 aliphatic rings. The van der Waals surface area contributed by atoms with E-state index in [2.05, 4.69) is 0 Å². The Balaban J connectivity index is 1.47. The van der Waals surface area contributed by atoms with Crippen molar-refractivity contribution in [2.24, 2.45) is 0 Å². The average molecular weight is 513 g/mol. The van der Waals surface area contributed by atoms with Crippen LogP contribution in [0.1, 0.15) is 16.7 Å². The first-order valence-electron chi connectivity index (χ1n) is 11.9. The molecule has 0 radical (unpaired) electrons. The summed E-state index contributed by atoms with van der Waals surface area (Å²) >= 11 is 0. The lowest BCUT2D eigenvalue weighted by Crippen LogP contribution is -2.45. The largest absolute Gasteiger partial charge is 0.374 e. The Morgan fingerprint density at radius 1 is 0.778 bits per heavy atom. The fraction of sp³-hybridized carbons (Fsp3) is 0.357. The van der Waals surface area contributed by atoms with Gasteiger partial charge in [0.25, 0.3) is 10.1 Å². The minimum absolute atomic E-state index is 0.0171. The van der Waals surface area contributed by atoms with Crippen molar-refractivity contribution < 1.29 is 31.5 Å². The molecular formula is C28H32O7S. The maximum absolute atomic E-state index is 12.1.